The van der Waals surface area contributed by atoms with Gasteiger partial charge in [0.25, 0.3) is 0 Å². The van der Waals surface area contributed by atoms with Gasteiger partial charge in [-0.1, -0.05) is 6.07 Å². The molecule has 0 bridgehead atoms. The van der Waals surface area contributed by atoms with Crippen LogP contribution < -0.4 is 4.90 Å². The van der Waals surface area contributed by atoms with Crippen molar-refractivity contribution in [2.45, 2.75) is 37.8 Å². The van der Waals surface area contributed by atoms with E-state index in [9.17, 15) is 5.11 Å². The van der Waals surface area contributed by atoms with Crippen molar-refractivity contribution >= 4 is 5.82 Å². The predicted molar refractivity (Wildman–Crippen MR) is 78.4 cm³/mol. The summed E-state index contributed by atoms with van der Waals surface area (Å²) in [6.07, 6.45) is 5.15. The van der Waals surface area contributed by atoms with E-state index < -0.39 is 6.10 Å². The van der Waals surface area contributed by atoms with Crippen LogP contribution in [0, 0.1) is 0 Å². The summed E-state index contributed by atoms with van der Waals surface area (Å²) < 4.78 is 0. The summed E-state index contributed by atoms with van der Waals surface area (Å²) in [6.45, 7) is 2.76. The normalized spacial score (nSPS) is 19.1. The maximum atomic E-state index is 9.50. The van der Waals surface area contributed by atoms with Crippen LogP contribution in [0.2, 0.25) is 0 Å². The van der Waals surface area contributed by atoms with Gasteiger partial charge in [0.15, 0.2) is 0 Å². The van der Waals surface area contributed by atoms with Crippen LogP contribution in [0.3, 0.4) is 0 Å². The Balaban J connectivity index is 2.05. The van der Waals surface area contributed by atoms with Crippen molar-refractivity contribution < 1.29 is 5.11 Å². The molecule has 0 aliphatic heterocycles. The summed E-state index contributed by atoms with van der Waals surface area (Å²) >= 11 is 0. The minimum absolute atomic E-state index is 0.305. The topological polar surface area (TPSA) is 39.6 Å². The number of pyridine rings is 1. The number of likely N-dealkylation sites (N-methyl/N-ethyl adjacent to an activating group) is 2. The van der Waals surface area contributed by atoms with Gasteiger partial charge in [-0.3, -0.25) is 0 Å². The number of hydrogen-bond acceptors (Lipinski definition) is 4. The highest BCUT2D eigenvalue weighted by Crippen LogP contribution is 2.37. The molecule has 2 rings (SSSR count). The molecule has 1 saturated carbocycles. The standard InChI is InChI=1S/C15H25N3O/c1-12(19)13-6-7-14(16-10-13)18(4)11-15(17(2)3)8-5-9-15/h6-7,10,12,19H,5,8-9,11H2,1-4H3/t12-/m0/s1. The van der Waals surface area contributed by atoms with Crippen molar-refractivity contribution in [3.05, 3.63) is 23.9 Å². The zero-order valence-corrected chi connectivity index (χ0v) is 12.4. The lowest BCUT2D eigenvalue weighted by atomic mass is 9.75. The molecule has 0 aromatic carbocycles. The van der Waals surface area contributed by atoms with Crippen LogP contribution in [-0.4, -0.2) is 48.2 Å². The highest BCUT2D eigenvalue weighted by molar-refractivity contribution is 5.39. The van der Waals surface area contributed by atoms with Gasteiger partial charge in [0.05, 0.1) is 6.10 Å². The smallest absolute Gasteiger partial charge is 0.128 e. The fourth-order valence-corrected chi connectivity index (χ4v) is 2.72. The molecular weight excluding hydrogens is 238 g/mol. The Morgan fingerprint density at radius 3 is 2.37 bits per heavy atom. The van der Waals surface area contributed by atoms with Crippen LogP contribution in [0.15, 0.2) is 18.3 Å². The molecule has 19 heavy (non-hydrogen) atoms. The summed E-state index contributed by atoms with van der Waals surface area (Å²) in [5, 5.41) is 9.50. The summed E-state index contributed by atoms with van der Waals surface area (Å²) in [5.41, 5.74) is 1.17. The zero-order valence-electron chi connectivity index (χ0n) is 12.4. The lowest BCUT2D eigenvalue weighted by Crippen LogP contribution is -2.56. The van der Waals surface area contributed by atoms with Crippen molar-refractivity contribution in [2.75, 3.05) is 32.6 Å². The molecule has 1 aromatic heterocycles. The molecule has 1 atom stereocenters. The first kappa shape index (κ1) is 14.3. The van der Waals surface area contributed by atoms with Crippen LogP contribution in [-0.2, 0) is 0 Å². The second kappa shape index (κ2) is 5.47. The molecule has 4 heteroatoms. The van der Waals surface area contributed by atoms with E-state index in [1.165, 1.54) is 19.3 Å². The van der Waals surface area contributed by atoms with Gasteiger partial charge < -0.3 is 14.9 Å². The molecule has 0 amide bonds. The molecule has 4 nitrogen and oxygen atoms in total. The number of nitrogens with zero attached hydrogens (tertiary/aromatic N) is 3. The van der Waals surface area contributed by atoms with E-state index >= 15 is 0 Å². The highest BCUT2D eigenvalue weighted by Gasteiger charge is 2.40. The quantitative estimate of drug-likeness (QED) is 0.882. The van der Waals surface area contributed by atoms with Crippen LogP contribution >= 0.6 is 0 Å². The molecule has 0 spiro atoms. The number of rotatable bonds is 5. The Morgan fingerprint density at radius 1 is 1.32 bits per heavy atom. The largest absolute Gasteiger partial charge is 0.389 e. The van der Waals surface area contributed by atoms with E-state index in [1.54, 1.807) is 13.1 Å². The van der Waals surface area contributed by atoms with E-state index in [2.05, 4.69) is 35.9 Å². The lowest BCUT2D eigenvalue weighted by Gasteiger charge is -2.49. The minimum Gasteiger partial charge on any atom is -0.389 e. The Labute approximate surface area is 116 Å². The van der Waals surface area contributed by atoms with Crippen molar-refractivity contribution in [1.82, 2.24) is 9.88 Å². The van der Waals surface area contributed by atoms with Crippen molar-refractivity contribution in [2.24, 2.45) is 0 Å². The lowest BCUT2D eigenvalue weighted by molar-refractivity contribution is 0.0682. The summed E-state index contributed by atoms with van der Waals surface area (Å²) in [7, 11) is 6.42. The minimum atomic E-state index is -0.452. The number of aliphatic hydroxyl groups is 1. The van der Waals surface area contributed by atoms with Gasteiger partial charge in [-0.05, 0) is 51.9 Å². The Bertz CT molecular complexity index is 410. The molecular formula is C15H25N3O. The average molecular weight is 263 g/mol. The predicted octanol–water partition coefficient (Wildman–Crippen LogP) is 2.06. The van der Waals surface area contributed by atoms with Crippen molar-refractivity contribution in [3.63, 3.8) is 0 Å². The van der Waals surface area contributed by atoms with Gasteiger partial charge in [0.1, 0.15) is 5.82 Å². The first-order chi connectivity index (χ1) is 8.94. The molecule has 0 radical (unpaired) electrons. The van der Waals surface area contributed by atoms with Crippen LogP contribution in [0.25, 0.3) is 0 Å². The van der Waals surface area contributed by atoms with E-state index in [1.807, 2.05) is 12.1 Å². The van der Waals surface area contributed by atoms with Gasteiger partial charge in [-0.2, -0.15) is 0 Å². The first-order valence-corrected chi connectivity index (χ1v) is 6.97. The maximum absolute atomic E-state index is 9.50. The molecule has 1 fully saturated rings. The Kier molecular flexibility index (Phi) is 4.11. The average Bonchev–Trinajstić information content (AvgIpc) is 2.33. The molecule has 1 aliphatic carbocycles. The zero-order chi connectivity index (χ0) is 14.0. The first-order valence-electron chi connectivity index (χ1n) is 6.97. The fourth-order valence-electron chi connectivity index (χ4n) is 2.72. The van der Waals surface area contributed by atoms with Crippen LogP contribution in [0.1, 0.15) is 37.9 Å². The van der Waals surface area contributed by atoms with Gasteiger partial charge >= 0.3 is 0 Å². The molecule has 0 saturated heterocycles. The molecule has 106 valence electrons. The van der Waals surface area contributed by atoms with Crippen molar-refractivity contribution in [3.8, 4) is 0 Å². The van der Waals surface area contributed by atoms with E-state index in [4.69, 9.17) is 0 Å². The molecule has 0 unspecified atom stereocenters. The second-order valence-corrected chi connectivity index (χ2v) is 5.95. The SMILES string of the molecule is C[C@H](O)c1ccc(N(C)CC2(N(C)C)CCC2)nc1. The Morgan fingerprint density at radius 2 is 2.00 bits per heavy atom. The monoisotopic (exact) mass is 263 g/mol. The van der Waals surface area contributed by atoms with Gasteiger partial charge in [0.2, 0.25) is 0 Å². The third-order valence-corrected chi connectivity index (χ3v) is 4.41. The highest BCUT2D eigenvalue weighted by atomic mass is 16.3. The van der Waals surface area contributed by atoms with Gasteiger partial charge in [-0.15, -0.1) is 0 Å². The van der Waals surface area contributed by atoms with Crippen molar-refractivity contribution in [1.29, 1.82) is 0 Å². The number of anilines is 1. The van der Waals surface area contributed by atoms with Crippen LogP contribution in [0.5, 0.6) is 0 Å². The van der Waals surface area contributed by atoms with Crippen LogP contribution in [0.4, 0.5) is 5.82 Å². The van der Waals surface area contributed by atoms with E-state index in [0.29, 0.717) is 5.54 Å². The molecule has 1 N–H and O–H groups in total. The third-order valence-electron chi connectivity index (χ3n) is 4.41. The second-order valence-electron chi connectivity index (χ2n) is 5.95. The molecule has 1 heterocycles. The van der Waals surface area contributed by atoms with E-state index in [-0.39, 0.29) is 0 Å². The number of aliphatic hydroxyl groups excluding tert-OH is 1. The van der Waals surface area contributed by atoms with Gasteiger partial charge in [0, 0.05) is 25.3 Å². The van der Waals surface area contributed by atoms with Gasteiger partial charge in [-0.25, -0.2) is 4.98 Å². The number of hydrogen-bond donors (Lipinski definition) is 1. The maximum Gasteiger partial charge on any atom is 0.128 e. The number of aromatic nitrogens is 1. The molecule has 1 aliphatic rings. The summed E-state index contributed by atoms with van der Waals surface area (Å²) in [4.78, 5) is 9.01. The van der Waals surface area contributed by atoms with E-state index in [0.717, 1.165) is 17.9 Å². The summed E-state index contributed by atoms with van der Waals surface area (Å²) in [5.74, 6) is 0.970. The Hall–Kier alpha value is -1.13. The third kappa shape index (κ3) is 2.90. The fraction of sp³-hybridized carbons (Fsp3) is 0.667. The molecule has 1 aromatic rings. The summed E-state index contributed by atoms with van der Waals surface area (Å²) in [6, 6.07) is 3.94.